The molecule has 1 saturated heterocycles. The molecule has 1 aliphatic heterocycles. The van der Waals surface area contributed by atoms with Gasteiger partial charge in [0.15, 0.2) is 5.78 Å². The van der Waals surface area contributed by atoms with E-state index in [1.807, 2.05) is 48.5 Å². The summed E-state index contributed by atoms with van der Waals surface area (Å²) in [7, 11) is -3.61. The van der Waals surface area contributed by atoms with Crippen LogP contribution in [-0.4, -0.2) is 72.5 Å². The quantitative estimate of drug-likeness (QED) is 0.322. The minimum absolute atomic E-state index is 0.00632. The predicted octanol–water partition coefficient (Wildman–Crippen LogP) is 5.40. The average Bonchev–Trinajstić information content (AvgIpc) is 3.57. The van der Waals surface area contributed by atoms with Crippen molar-refractivity contribution in [1.29, 1.82) is 0 Å². The number of carbonyl (C=O) groups excluding carboxylic acids is 1. The predicted molar refractivity (Wildman–Crippen MR) is 169 cm³/mol. The molecule has 2 bridgehead atoms. The van der Waals surface area contributed by atoms with E-state index in [1.54, 1.807) is 0 Å². The van der Waals surface area contributed by atoms with Crippen molar-refractivity contribution in [2.75, 3.05) is 26.0 Å². The van der Waals surface area contributed by atoms with Crippen molar-refractivity contribution < 1.29 is 28.2 Å². The first-order valence-corrected chi connectivity index (χ1v) is 17.6. The number of fused-ring (bicyclic) bond motifs is 8. The van der Waals surface area contributed by atoms with Crippen LogP contribution in [0.4, 0.5) is 0 Å². The Morgan fingerprint density at radius 2 is 1.86 bits per heavy atom. The van der Waals surface area contributed by atoms with E-state index in [1.165, 1.54) is 16.1 Å². The Hall–Kier alpha value is -2.36. The van der Waals surface area contributed by atoms with Gasteiger partial charge in [-0.3, -0.25) is 4.79 Å². The molecule has 0 spiro atoms. The molecule has 2 N–H and O–H groups in total. The lowest BCUT2D eigenvalue weighted by molar-refractivity contribution is -0.0753. The molecule has 234 valence electrons. The normalized spacial score (nSPS) is 30.2. The van der Waals surface area contributed by atoms with Crippen LogP contribution in [0.2, 0.25) is 0 Å². The van der Waals surface area contributed by atoms with Crippen molar-refractivity contribution in [3.8, 4) is 0 Å². The lowest BCUT2D eigenvalue weighted by Gasteiger charge is -2.46. The molecule has 1 saturated carbocycles. The third-order valence-corrected chi connectivity index (χ3v) is 11.5. The van der Waals surface area contributed by atoms with Crippen molar-refractivity contribution in [2.24, 2.45) is 5.41 Å². The van der Waals surface area contributed by atoms with Gasteiger partial charge < -0.3 is 14.9 Å². The van der Waals surface area contributed by atoms with Gasteiger partial charge in [0.05, 0.1) is 24.1 Å². The van der Waals surface area contributed by atoms with Crippen molar-refractivity contribution in [3.05, 3.63) is 82.4 Å². The van der Waals surface area contributed by atoms with Gasteiger partial charge in [0, 0.05) is 36.2 Å². The van der Waals surface area contributed by atoms with E-state index in [-0.39, 0.29) is 30.9 Å². The second kappa shape index (κ2) is 12.9. The summed E-state index contributed by atoms with van der Waals surface area (Å²) in [6.07, 6.45) is 8.68. The molecule has 2 aromatic rings. The summed E-state index contributed by atoms with van der Waals surface area (Å²) in [5.41, 5.74) is 2.16. The number of aliphatic hydroxyl groups is 2. The number of hydrogen-bond acceptors (Lipinski definition) is 6. The summed E-state index contributed by atoms with van der Waals surface area (Å²) in [6, 6.07) is 15.2. The number of ether oxygens (including phenoxy) is 1. The maximum atomic E-state index is 14.0. The van der Waals surface area contributed by atoms with Gasteiger partial charge in [-0.2, -0.15) is 4.31 Å². The maximum Gasteiger partial charge on any atom is 0.211 e. The Morgan fingerprint density at radius 1 is 1.09 bits per heavy atom. The summed E-state index contributed by atoms with van der Waals surface area (Å²) in [6.45, 7) is 5.02. The Balaban J connectivity index is 1.59. The molecule has 2 aromatic carbocycles. The number of ketones is 1. The van der Waals surface area contributed by atoms with Crippen molar-refractivity contribution in [1.82, 2.24) is 4.31 Å². The molecule has 3 aliphatic carbocycles. The smallest absolute Gasteiger partial charge is 0.211 e. The topological polar surface area (TPSA) is 104 Å². The molecule has 7 nitrogen and oxygen atoms in total. The highest BCUT2D eigenvalue weighted by Crippen LogP contribution is 2.59. The molecule has 2 fully saturated rings. The van der Waals surface area contributed by atoms with Crippen LogP contribution in [0.3, 0.4) is 0 Å². The number of benzene rings is 2. The molecular weight excluding hydrogens is 562 g/mol. The van der Waals surface area contributed by atoms with Gasteiger partial charge in [-0.05, 0) is 87.8 Å². The fraction of sp³-hybridized carbons (Fsp3) is 0.571. The first kappa shape index (κ1) is 32.0. The standard InChI is InChI=1S/C35H47NO6S/c1-25-9-7-18-34(2)32(17-19-35(34,39)24-36(43(3,40)41)23-29-12-8-20-42-29)30-16-14-26(21-28(37)15-13-25)22-31(30)33(38)27-10-5-4-6-11-27/h4-6,9-11,14,16,22,28-29,32,37,39H,7-8,12-13,15,17-21,23-24H2,1-3H3/t28-,29+,32-,34-,35+/m0/s1. The number of hydrogen-bond donors (Lipinski definition) is 2. The molecule has 43 heavy (non-hydrogen) atoms. The number of nitrogens with zero attached hydrogens (tertiary/aromatic N) is 1. The molecule has 5 atom stereocenters. The highest BCUT2D eigenvalue weighted by atomic mass is 32.2. The lowest BCUT2D eigenvalue weighted by atomic mass is 9.64. The fourth-order valence-electron chi connectivity index (χ4n) is 7.57. The van der Waals surface area contributed by atoms with E-state index in [9.17, 15) is 23.4 Å². The average molecular weight is 610 g/mol. The molecule has 6 rings (SSSR count). The summed E-state index contributed by atoms with van der Waals surface area (Å²) >= 11 is 0. The Labute approximate surface area is 257 Å². The summed E-state index contributed by atoms with van der Waals surface area (Å²) < 4.78 is 33.3. The van der Waals surface area contributed by atoms with E-state index in [4.69, 9.17) is 4.74 Å². The summed E-state index contributed by atoms with van der Waals surface area (Å²) in [5.74, 6) is -0.247. The number of allylic oxidation sites excluding steroid dienone is 2. The molecule has 0 unspecified atom stereocenters. The number of sulfonamides is 1. The van der Waals surface area contributed by atoms with Gasteiger partial charge in [-0.25, -0.2) is 8.42 Å². The highest BCUT2D eigenvalue weighted by molar-refractivity contribution is 7.88. The molecule has 0 aromatic heterocycles. The molecule has 0 amide bonds. The number of carbonyl (C=O) groups is 1. The summed E-state index contributed by atoms with van der Waals surface area (Å²) in [4.78, 5) is 14.0. The van der Waals surface area contributed by atoms with E-state index in [0.717, 1.165) is 30.4 Å². The van der Waals surface area contributed by atoms with E-state index in [0.29, 0.717) is 56.3 Å². The highest BCUT2D eigenvalue weighted by Gasteiger charge is 2.58. The van der Waals surface area contributed by atoms with Gasteiger partial charge in [0.1, 0.15) is 0 Å². The minimum atomic E-state index is -3.61. The monoisotopic (exact) mass is 609 g/mol. The molecule has 0 radical (unpaired) electrons. The third kappa shape index (κ3) is 6.99. The van der Waals surface area contributed by atoms with Crippen molar-refractivity contribution in [3.63, 3.8) is 0 Å². The van der Waals surface area contributed by atoms with Gasteiger partial charge in [0.25, 0.3) is 0 Å². The zero-order valence-corrected chi connectivity index (χ0v) is 26.6. The summed E-state index contributed by atoms with van der Waals surface area (Å²) in [5, 5.41) is 23.4. The van der Waals surface area contributed by atoms with Crippen LogP contribution in [0.5, 0.6) is 0 Å². The first-order chi connectivity index (χ1) is 20.4. The third-order valence-electron chi connectivity index (χ3n) is 10.3. The number of aliphatic hydroxyl groups excluding tert-OH is 1. The lowest BCUT2D eigenvalue weighted by Crippen LogP contribution is -2.54. The van der Waals surface area contributed by atoms with Gasteiger partial charge in [0.2, 0.25) is 10.0 Å². The zero-order valence-electron chi connectivity index (χ0n) is 25.8. The van der Waals surface area contributed by atoms with Crippen LogP contribution in [-0.2, 0) is 21.2 Å². The van der Waals surface area contributed by atoms with Crippen LogP contribution < -0.4 is 0 Å². The molecule has 8 heteroatoms. The largest absolute Gasteiger partial charge is 0.393 e. The van der Waals surface area contributed by atoms with E-state index < -0.39 is 27.1 Å². The van der Waals surface area contributed by atoms with Crippen LogP contribution in [0.25, 0.3) is 0 Å². The van der Waals surface area contributed by atoms with Crippen LogP contribution in [0, 0.1) is 5.41 Å². The Bertz CT molecular complexity index is 1430. The SMILES string of the molecule is CC1=CCC[C@@]2(C)[C@@H](CC[C@@]2(O)CN(C[C@H]2CCCO2)S(C)(=O)=O)c2ccc(cc2C(=O)c2ccccc2)C[C@@H](O)CC1. The van der Waals surface area contributed by atoms with Crippen LogP contribution >= 0.6 is 0 Å². The van der Waals surface area contributed by atoms with Crippen LogP contribution in [0.1, 0.15) is 98.2 Å². The molecular formula is C35H47NO6S. The van der Waals surface area contributed by atoms with Crippen molar-refractivity contribution in [2.45, 2.75) is 95.4 Å². The second-order valence-corrected chi connectivity index (χ2v) is 15.3. The minimum Gasteiger partial charge on any atom is -0.393 e. The maximum absolute atomic E-state index is 14.0. The van der Waals surface area contributed by atoms with Crippen LogP contribution in [0.15, 0.2) is 60.2 Å². The molecule has 4 aliphatic rings. The zero-order chi connectivity index (χ0) is 30.8. The van der Waals surface area contributed by atoms with Gasteiger partial charge in [-0.15, -0.1) is 0 Å². The van der Waals surface area contributed by atoms with Gasteiger partial charge in [-0.1, -0.05) is 61.0 Å². The number of rotatable bonds is 7. The van der Waals surface area contributed by atoms with Crippen molar-refractivity contribution >= 4 is 15.8 Å². The molecule has 1 heterocycles. The van der Waals surface area contributed by atoms with Gasteiger partial charge >= 0.3 is 0 Å². The fourth-order valence-corrected chi connectivity index (χ4v) is 8.45. The van der Waals surface area contributed by atoms with E-state index >= 15 is 0 Å². The Morgan fingerprint density at radius 3 is 2.56 bits per heavy atom. The second-order valence-electron chi connectivity index (χ2n) is 13.3. The first-order valence-electron chi connectivity index (χ1n) is 15.7. The Kier molecular flexibility index (Phi) is 9.64. The van der Waals surface area contributed by atoms with E-state index in [2.05, 4.69) is 19.9 Å².